The van der Waals surface area contributed by atoms with Crippen molar-refractivity contribution in [3.63, 3.8) is 0 Å². The quantitative estimate of drug-likeness (QED) is 0.894. The molecule has 1 aliphatic heterocycles. The highest BCUT2D eigenvalue weighted by molar-refractivity contribution is 5.93. The van der Waals surface area contributed by atoms with E-state index in [1.165, 1.54) is 5.56 Å². The predicted octanol–water partition coefficient (Wildman–Crippen LogP) is 2.32. The molecule has 1 fully saturated rings. The average molecular weight is 289 g/mol. The first-order valence-corrected chi connectivity index (χ1v) is 7.70. The number of nitrogens with zero attached hydrogens (tertiary/aromatic N) is 1. The molecular weight excluding hydrogens is 262 g/mol. The molecule has 1 aliphatic rings. The molecule has 0 unspecified atom stereocenters. The van der Waals surface area contributed by atoms with Crippen LogP contribution in [0.1, 0.15) is 30.9 Å². The van der Waals surface area contributed by atoms with Crippen molar-refractivity contribution < 1.29 is 4.79 Å². The highest BCUT2D eigenvalue weighted by Crippen LogP contribution is 2.21. The van der Waals surface area contributed by atoms with Gasteiger partial charge in [-0.25, -0.2) is 0 Å². The molecule has 21 heavy (non-hydrogen) atoms. The zero-order valence-electron chi connectivity index (χ0n) is 13.6. The monoisotopic (exact) mass is 289 g/mol. The summed E-state index contributed by atoms with van der Waals surface area (Å²) in [5.41, 5.74) is 3.47. The van der Waals surface area contributed by atoms with Crippen molar-refractivity contribution in [3.05, 3.63) is 29.3 Å². The highest BCUT2D eigenvalue weighted by atomic mass is 16.2. The molecule has 2 N–H and O–H groups in total. The Morgan fingerprint density at radius 2 is 1.95 bits per heavy atom. The molecule has 0 radical (unpaired) electrons. The molecule has 1 aromatic rings. The lowest BCUT2D eigenvalue weighted by Gasteiger charge is -2.39. The van der Waals surface area contributed by atoms with Gasteiger partial charge in [0.2, 0.25) is 5.91 Å². The van der Waals surface area contributed by atoms with Crippen LogP contribution in [0.3, 0.4) is 0 Å². The van der Waals surface area contributed by atoms with Gasteiger partial charge < -0.3 is 10.6 Å². The van der Waals surface area contributed by atoms with Crippen LogP contribution >= 0.6 is 0 Å². The molecule has 1 aromatic carbocycles. The van der Waals surface area contributed by atoms with Crippen LogP contribution in [0.4, 0.5) is 5.69 Å². The van der Waals surface area contributed by atoms with Crippen LogP contribution in [0.5, 0.6) is 0 Å². The molecule has 0 spiro atoms. The van der Waals surface area contributed by atoms with Gasteiger partial charge in [0.25, 0.3) is 0 Å². The van der Waals surface area contributed by atoms with Gasteiger partial charge in [0, 0.05) is 24.3 Å². The van der Waals surface area contributed by atoms with Gasteiger partial charge in [-0.15, -0.1) is 0 Å². The third-order valence-electron chi connectivity index (χ3n) is 4.59. The maximum Gasteiger partial charge on any atom is 0.238 e. The molecule has 4 nitrogen and oxygen atoms in total. The number of aryl methyl sites for hydroxylation is 2. The number of piperidine rings is 1. The summed E-state index contributed by atoms with van der Waals surface area (Å²) in [7, 11) is 2.02. The third kappa shape index (κ3) is 4.29. The second-order valence-electron chi connectivity index (χ2n) is 6.45. The summed E-state index contributed by atoms with van der Waals surface area (Å²) in [6.45, 7) is 8.76. The first-order valence-electron chi connectivity index (χ1n) is 7.70. The van der Waals surface area contributed by atoms with Crippen LogP contribution < -0.4 is 10.6 Å². The van der Waals surface area contributed by atoms with E-state index >= 15 is 0 Å². The molecule has 1 amide bonds. The number of hydrogen-bond acceptors (Lipinski definition) is 3. The van der Waals surface area contributed by atoms with Gasteiger partial charge in [0.1, 0.15) is 0 Å². The zero-order chi connectivity index (χ0) is 15.5. The number of carbonyl (C=O) groups is 1. The van der Waals surface area contributed by atoms with E-state index in [1.54, 1.807) is 0 Å². The smallest absolute Gasteiger partial charge is 0.238 e. The molecule has 4 heteroatoms. The Morgan fingerprint density at radius 3 is 2.52 bits per heavy atom. The summed E-state index contributed by atoms with van der Waals surface area (Å²) in [5.74, 6) is 0.0787. The average Bonchev–Trinajstić information content (AvgIpc) is 2.45. The largest absolute Gasteiger partial charge is 0.325 e. The van der Waals surface area contributed by atoms with Crippen molar-refractivity contribution >= 4 is 11.6 Å². The topological polar surface area (TPSA) is 44.4 Å². The Balaban J connectivity index is 1.85. The first-order chi connectivity index (χ1) is 9.92. The number of amides is 1. The molecular formula is C17H27N3O. The standard InChI is InChI=1S/C17H27N3O/c1-13-5-6-15(14(2)11-13)19-16(21)12-20-9-7-17(3,18-4)8-10-20/h5-6,11,18H,7-10,12H2,1-4H3,(H,19,21). The number of anilines is 1. The maximum absolute atomic E-state index is 12.2. The van der Waals surface area contributed by atoms with Crippen LogP contribution in [-0.2, 0) is 4.79 Å². The van der Waals surface area contributed by atoms with E-state index < -0.39 is 0 Å². The molecule has 0 atom stereocenters. The van der Waals surface area contributed by atoms with Crippen molar-refractivity contribution in [1.29, 1.82) is 0 Å². The van der Waals surface area contributed by atoms with E-state index in [9.17, 15) is 4.79 Å². The number of benzene rings is 1. The van der Waals surface area contributed by atoms with Gasteiger partial charge in [-0.05, 0) is 52.3 Å². The van der Waals surface area contributed by atoms with Crippen molar-refractivity contribution in [2.75, 3.05) is 32.0 Å². The predicted molar refractivity (Wildman–Crippen MR) is 87.7 cm³/mol. The van der Waals surface area contributed by atoms with Gasteiger partial charge in [-0.3, -0.25) is 9.69 Å². The van der Waals surface area contributed by atoms with Gasteiger partial charge >= 0.3 is 0 Å². The summed E-state index contributed by atoms with van der Waals surface area (Å²) in [4.78, 5) is 14.4. The minimum absolute atomic E-state index is 0.0787. The normalized spacial score (nSPS) is 18.5. The Hall–Kier alpha value is -1.39. The van der Waals surface area contributed by atoms with Gasteiger partial charge in [-0.1, -0.05) is 17.7 Å². The molecule has 116 valence electrons. The SMILES string of the molecule is CNC1(C)CCN(CC(=O)Nc2ccc(C)cc2C)CC1. The molecule has 2 rings (SSSR count). The van der Waals surface area contributed by atoms with E-state index in [4.69, 9.17) is 0 Å². The minimum Gasteiger partial charge on any atom is -0.325 e. The van der Waals surface area contributed by atoms with Gasteiger partial charge in [0.15, 0.2) is 0 Å². The van der Waals surface area contributed by atoms with Crippen LogP contribution in [-0.4, -0.2) is 43.0 Å². The van der Waals surface area contributed by atoms with E-state index in [1.807, 2.05) is 26.1 Å². The van der Waals surface area contributed by atoms with Gasteiger partial charge in [-0.2, -0.15) is 0 Å². The molecule has 0 saturated carbocycles. The molecule has 0 bridgehead atoms. The molecule has 1 saturated heterocycles. The van der Waals surface area contributed by atoms with Gasteiger partial charge in [0.05, 0.1) is 6.54 Å². The first kappa shape index (κ1) is 16.0. The lowest BCUT2D eigenvalue weighted by atomic mass is 9.90. The third-order valence-corrected chi connectivity index (χ3v) is 4.59. The number of rotatable bonds is 4. The summed E-state index contributed by atoms with van der Waals surface area (Å²) in [5, 5.41) is 6.40. The Labute approximate surface area is 127 Å². The maximum atomic E-state index is 12.2. The summed E-state index contributed by atoms with van der Waals surface area (Å²) < 4.78 is 0. The number of carbonyl (C=O) groups excluding carboxylic acids is 1. The van der Waals surface area contributed by atoms with Crippen LogP contribution in [0, 0.1) is 13.8 Å². The second-order valence-corrected chi connectivity index (χ2v) is 6.45. The molecule has 0 aliphatic carbocycles. The van der Waals surface area contributed by atoms with Crippen LogP contribution in [0.2, 0.25) is 0 Å². The Morgan fingerprint density at radius 1 is 1.29 bits per heavy atom. The Bertz CT molecular complexity index is 505. The van der Waals surface area contributed by atoms with E-state index in [-0.39, 0.29) is 11.4 Å². The van der Waals surface area contributed by atoms with Crippen molar-refractivity contribution in [2.45, 2.75) is 39.2 Å². The lowest BCUT2D eigenvalue weighted by Crippen LogP contribution is -2.51. The van der Waals surface area contributed by atoms with Crippen molar-refractivity contribution in [2.24, 2.45) is 0 Å². The van der Waals surface area contributed by atoms with E-state index in [2.05, 4.69) is 35.4 Å². The number of hydrogen-bond donors (Lipinski definition) is 2. The number of likely N-dealkylation sites (tertiary alicyclic amines) is 1. The minimum atomic E-state index is 0.0787. The zero-order valence-corrected chi connectivity index (χ0v) is 13.6. The summed E-state index contributed by atoms with van der Waals surface area (Å²) >= 11 is 0. The lowest BCUT2D eigenvalue weighted by molar-refractivity contribution is -0.117. The summed E-state index contributed by atoms with van der Waals surface area (Å²) in [6.07, 6.45) is 2.17. The van der Waals surface area contributed by atoms with Crippen molar-refractivity contribution in [1.82, 2.24) is 10.2 Å². The fourth-order valence-corrected chi connectivity index (χ4v) is 2.80. The highest BCUT2D eigenvalue weighted by Gasteiger charge is 2.28. The van der Waals surface area contributed by atoms with E-state index in [0.717, 1.165) is 37.2 Å². The van der Waals surface area contributed by atoms with Crippen LogP contribution in [0.15, 0.2) is 18.2 Å². The second kappa shape index (κ2) is 6.58. The van der Waals surface area contributed by atoms with Crippen LogP contribution in [0.25, 0.3) is 0 Å². The van der Waals surface area contributed by atoms with E-state index in [0.29, 0.717) is 6.54 Å². The molecule has 0 aromatic heterocycles. The number of nitrogens with one attached hydrogen (secondary N) is 2. The fourth-order valence-electron chi connectivity index (χ4n) is 2.80. The summed E-state index contributed by atoms with van der Waals surface area (Å²) in [6, 6.07) is 6.10. The fraction of sp³-hybridized carbons (Fsp3) is 0.588. The van der Waals surface area contributed by atoms with Crippen molar-refractivity contribution in [3.8, 4) is 0 Å². The molecule has 1 heterocycles. The Kier molecular flexibility index (Phi) is 5.01.